The van der Waals surface area contributed by atoms with Crippen LogP contribution < -0.4 is 0 Å². The topological polar surface area (TPSA) is 3.24 Å². The van der Waals surface area contributed by atoms with Gasteiger partial charge < -0.3 is 0 Å². The van der Waals surface area contributed by atoms with Crippen LogP contribution in [-0.2, 0) is 0 Å². The van der Waals surface area contributed by atoms with E-state index in [1.807, 2.05) is 11.8 Å². The first kappa shape index (κ1) is 13.0. The molecular weight excluding hydrogens is 226 g/mol. The molecular formula is C15H23NS. The van der Waals surface area contributed by atoms with E-state index in [0.717, 1.165) is 6.04 Å². The number of rotatable bonds is 5. The van der Waals surface area contributed by atoms with Gasteiger partial charge in [-0.1, -0.05) is 31.5 Å². The molecule has 1 nitrogen and oxygen atoms in total. The summed E-state index contributed by atoms with van der Waals surface area (Å²) >= 11 is 1.98. The molecule has 2 rings (SSSR count). The molecule has 0 bridgehead atoms. The number of piperidine rings is 1. The Bertz CT molecular complexity index is 312. The zero-order valence-corrected chi connectivity index (χ0v) is 11.6. The van der Waals surface area contributed by atoms with E-state index in [2.05, 4.69) is 42.2 Å². The molecule has 1 atom stereocenters. The molecule has 0 radical (unpaired) electrons. The van der Waals surface area contributed by atoms with E-state index in [-0.39, 0.29) is 0 Å². The van der Waals surface area contributed by atoms with Gasteiger partial charge in [-0.25, -0.2) is 0 Å². The van der Waals surface area contributed by atoms with Gasteiger partial charge in [0.2, 0.25) is 0 Å². The van der Waals surface area contributed by atoms with E-state index < -0.39 is 0 Å². The largest absolute Gasteiger partial charge is 0.300 e. The van der Waals surface area contributed by atoms with Gasteiger partial charge in [-0.2, -0.15) is 0 Å². The van der Waals surface area contributed by atoms with Crippen molar-refractivity contribution in [2.75, 3.05) is 18.8 Å². The fraction of sp³-hybridized carbons (Fsp3) is 0.600. The first-order valence-electron chi connectivity index (χ1n) is 6.82. The lowest BCUT2D eigenvalue weighted by molar-refractivity contribution is 0.153. The number of hydrogen-bond acceptors (Lipinski definition) is 2. The number of likely N-dealkylation sites (tertiary alicyclic amines) is 1. The number of benzene rings is 1. The van der Waals surface area contributed by atoms with Crippen LogP contribution in [0.1, 0.15) is 32.6 Å². The molecule has 1 heterocycles. The van der Waals surface area contributed by atoms with Crippen LogP contribution >= 0.6 is 11.8 Å². The molecule has 17 heavy (non-hydrogen) atoms. The standard InChI is InChI=1S/C15H23NS/c1-2-14-8-6-7-11-16(14)12-13-17-15-9-4-3-5-10-15/h3-5,9-10,14H,2,6-8,11-13H2,1H3. The molecule has 2 heteroatoms. The highest BCUT2D eigenvalue weighted by Crippen LogP contribution is 2.22. The second-order valence-electron chi connectivity index (χ2n) is 4.76. The molecule has 0 amide bonds. The molecule has 0 saturated carbocycles. The van der Waals surface area contributed by atoms with Crippen LogP contribution in [0.2, 0.25) is 0 Å². The van der Waals surface area contributed by atoms with Crippen LogP contribution in [0.3, 0.4) is 0 Å². The SMILES string of the molecule is CCC1CCCCN1CCSc1ccccc1. The molecule has 1 aromatic rings. The van der Waals surface area contributed by atoms with Gasteiger partial charge in [-0.05, 0) is 37.9 Å². The summed E-state index contributed by atoms with van der Waals surface area (Å²) in [5.41, 5.74) is 0. The molecule has 0 aromatic heterocycles. The fourth-order valence-electron chi connectivity index (χ4n) is 2.61. The molecule has 0 aliphatic carbocycles. The van der Waals surface area contributed by atoms with Crippen molar-refractivity contribution in [1.82, 2.24) is 4.90 Å². The van der Waals surface area contributed by atoms with Crippen molar-refractivity contribution >= 4 is 11.8 Å². The van der Waals surface area contributed by atoms with Crippen LogP contribution in [0.5, 0.6) is 0 Å². The van der Waals surface area contributed by atoms with Gasteiger partial charge in [-0.3, -0.25) is 4.90 Å². The Morgan fingerprint density at radius 1 is 1.24 bits per heavy atom. The highest BCUT2D eigenvalue weighted by molar-refractivity contribution is 7.99. The number of thioether (sulfide) groups is 1. The Morgan fingerprint density at radius 3 is 2.82 bits per heavy atom. The summed E-state index contributed by atoms with van der Waals surface area (Å²) in [5, 5.41) is 0. The Balaban J connectivity index is 1.74. The van der Waals surface area contributed by atoms with Gasteiger partial charge in [0, 0.05) is 23.2 Å². The quantitative estimate of drug-likeness (QED) is 0.724. The van der Waals surface area contributed by atoms with Gasteiger partial charge in [-0.15, -0.1) is 11.8 Å². The molecule has 1 fully saturated rings. The van der Waals surface area contributed by atoms with Crippen LogP contribution in [0, 0.1) is 0 Å². The van der Waals surface area contributed by atoms with Gasteiger partial charge in [0.05, 0.1) is 0 Å². The van der Waals surface area contributed by atoms with E-state index in [1.54, 1.807) is 0 Å². The Kier molecular flexibility index (Phi) is 5.40. The maximum absolute atomic E-state index is 2.69. The Hall–Kier alpha value is -0.470. The summed E-state index contributed by atoms with van der Waals surface area (Å²) in [6.07, 6.45) is 5.55. The lowest BCUT2D eigenvalue weighted by atomic mass is 10.0. The first-order valence-corrected chi connectivity index (χ1v) is 7.80. The monoisotopic (exact) mass is 249 g/mol. The third-order valence-electron chi connectivity index (χ3n) is 3.61. The highest BCUT2D eigenvalue weighted by atomic mass is 32.2. The van der Waals surface area contributed by atoms with Crippen molar-refractivity contribution in [3.63, 3.8) is 0 Å². The third kappa shape index (κ3) is 4.04. The van der Waals surface area contributed by atoms with E-state index >= 15 is 0 Å². The number of hydrogen-bond donors (Lipinski definition) is 0. The normalized spacial score (nSPS) is 21.6. The summed E-state index contributed by atoms with van der Waals surface area (Å²) in [7, 11) is 0. The second kappa shape index (κ2) is 7.07. The smallest absolute Gasteiger partial charge is 0.0108 e. The van der Waals surface area contributed by atoms with Gasteiger partial charge in [0.25, 0.3) is 0 Å². The van der Waals surface area contributed by atoms with Gasteiger partial charge in [0.1, 0.15) is 0 Å². The predicted octanol–water partition coefficient (Wildman–Crippen LogP) is 4.04. The number of nitrogens with zero attached hydrogens (tertiary/aromatic N) is 1. The fourth-order valence-corrected chi connectivity index (χ4v) is 3.53. The van der Waals surface area contributed by atoms with Gasteiger partial charge in [0.15, 0.2) is 0 Å². The predicted molar refractivity (Wildman–Crippen MR) is 76.7 cm³/mol. The van der Waals surface area contributed by atoms with E-state index in [4.69, 9.17) is 0 Å². The molecule has 1 aliphatic rings. The summed E-state index contributed by atoms with van der Waals surface area (Å²) in [6.45, 7) is 4.89. The van der Waals surface area contributed by atoms with Crippen molar-refractivity contribution in [1.29, 1.82) is 0 Å². The average molecular weight is 249 g/mol. The van der Waals surface area contributed by atoms with Crippen molar-refractivity contribution in [2.45, 2.75) is 43.5 Å². The molecule has 94 valence electrons. The summed E-state index contributed by atoms with van der Waals surface area (Å²) in [4.78, 5) is 4.09. The summed E-state index contributed by atoms with van der Waals surface area (Å²) in [6, 6.07) is 11.6. The Morgan fingerprint density at radius 2 is 2.06 bits per heavy atom. The molecule has 1 aliphatic heterocycles. The zero-order valence-electron chi connectivity index (χ0n) is 10.8. The van der Waals surface area contributed by atoms with Crippen LogP contribution in [-0.4, -0.2) is 29.8 Å². The molecule has 1 saturated heterocycles. The molecule has 1 unspecified atom stereocenters. The van der Waals surface area contributed by atoms with Crippen molar-refractivity contribution in [3.05, 3.63) is 30.3 Å². The van der Waals surface area contributed by atoms with Crippen molar-refractivity contribution in [3.8, 4) is 0 Å². The molecule has 1 aromatic carbocycles. The third-order valence-corrected chi connectivity index (χ3v) is 4.60. The van der Waals surface area contributed by atoms with Crippen LogP contribution in [0.15, 0.2) is 35.2 Å². The minimum Gasteiger partial charge on any atom is -0.300 e. The van der Waals surface area contributed by atoms with Gasteiger partial charge >= 0.3 is 0 Å². The van der Waals surface area contributed by atoms with E-state index in [0.29, 0.717) is 0 Å². The van der Waals surface area contributed by atoms with Crippen LogP contribution in [0.25, 0.3) is 0 Å². The summed E-state index contributed by atoms with van der Waals surface area (Å²) < 4.78 is 0. The lowest BCUT2D eigenvalue weighted by Gasteiger charge is -2.35. The second-order valence-corrected chi connectivity index (χ2v) is 5.92. The molecule has 0 spiro atoms. The van der Waals surface area contributed by atoms with Crippen molar-refractivity contribution < 1.29 is 0 Å². The first-order chi connectivity index (χ1) is 8.40. The maximum atomic E-state index is 2.69. The van der Waals surface area contributed by atoms with E-state index in [9.17, 15) is 0 Å². The zero-order chi connectivity index (χ0) is 11.9. The highest BCUT2D eigenvalue weighted by Gasteiger charge is 2.19. The minimum absolute atomic E-state index is 0.847. The summed E-state index contributed by atoms with van der Waals surface area (Å²) in [5.74, 6) is 1.22. The lowest BCUT2D eigenvalue weighted by Crippen LogP contribution is -2.40. The maximum Gasteiger partial charge on any atom is 0.0108 e. The minimum atomic E-state index is 0.847. The van der Waals surface area contributed by atoms with E-state index in [1.165, 1.54) is 49.4 Å². The average Bonchev–Trinajstić information content (AvgIpc) is 2.40. The molecule has 0 N–H and O–H groups in total. The van der Waals surface area contributed by atoms with Crippen molar-refractivity contribution in [2.24, 2.45) is 0 Å². The van der Waals surface area contributed by atoms with Crippen LogP contribution in [0.4, 0.5) is 0 Å². The Labute approximate surface area is 110 Å².